The molecular formula is C23H27FN2O4S. The zero-order chi connectivity index (χ0) is 22.6. The van der Waals surface area contributed by atoms with Crippen LogP contribution in [0, 0.1) is 12.7 Å². The van der Waals surface area contributed by atoms with Gasteiger partial charge in [0.1, 0.15) is 5.82 Å². The van der Waals surface area contributed by atoms with Crippen molar-refractivity contribution in [2.75, 3.05) is 33.1 Å². The van der Waals surface area contributed by atoms with Crippen LogP contribution in [0.15, 0.2) is 59.5 Å². The second kappa shape index (κ2) is 9.74. The third-order valence-electron chi connectivity index (χ3n) is 5.19. The molecule has 0 saturated carbocycles. The molecular weight excluding hydrogens is 419 g/mol. The van der Waals surface area contributed by atoms with Crippen molar-refractivity contribution in [1.29, 1.82) is 0 Å². The number of hydrogen-bond acceptors (Lipinski definition) is 5. The van der Waals surface area contributed by atoms with Gasteiger partial charge in [0.05, 0.1) is 36.5 Å². The van der Waals surface area contributed by atoms with Gasteiger partial charge in [0.15, 0.2) is 9.84 Å². The second-order valence-corrected chi connectivity index (χ2v) is 9.33. The number of aromatic nitrogens is 1. The van der Waals surface area contributed by atoms with Gasteiger partial charge in [-0.15, -0.1) is 0 Å². The average Bonchev–Trinajstić information content (AvgIpc) is 3.08. The molecule has 0 aliphatic carbocycles. The van der Waals surface area contributed by atoms with Crippen LogP contribution in [0.25, 0.3) is 16.9 Å². The Balaban J connectivity index is 2.13. The van der Waals surface area contributed by atoms with Crippen molar-refractivity contribution < 1.29 is 22.7 Å². The number of aliphatic hydroxyl groups is 1. The molecule has 31 heavy (non-hydrogen) atoms. The van der Waals surface area contributed by atoms with Gasteiger partial charge in [0.2, 0.25) is 0 Å². The van der Waals surface area contributed by atoms with E-state index in [-0.39, 0.29) is 30.0 Å². The molecule has 1 atom stereocenters. The molecule has 6 nitrogen and oxygen atoms in total. The van der Waals surface area contributed by atoms with Gasteiger partial charge in [0.25, 0.3) is 0 Å². The van der Waals surface area contributed by atoms with Crippen molar-refractivity contribution in [3.63, 3.8) is 0 Å². The van der Waals surface area contributed by atoms with Crippen LogP contribution in [0.4, 0.5) is 4.39 Å². The average molecular weight is 447 g/mol. The molecule has 0 radical (unpaired) electrons. The zero-order valence-corrected chi connectivity index (χ0v) is 18.6. The fourth-order valence-corrected chi connectivity index (χ4v) is 4.21. The monoisotopic (exact) mass is 446 g/mol. The molecule has 1 heterocycles. The lowest BCUT2D eigenvalue weighted by molar-refractivity contribution is 0.0779. The first kappa shape index (κ1) is 23.1. The van der Waals surface area contributed by atoms with Crippen LogP contribution in [0.3, 0.4) is 0 Å². The number of hydrogen-bond donors (Lipinski definition) is 2. The molecule has 2 aromatic carbocycles. The van der Waals surface area contributed by atoms with Gasteiger partial charge in [-0.3, -0.25) is 0 Å². The minimum atomic E-state index is -3.30. The van der Waals surface area contributed by atoms with Crippen LogP contribution in [-0.2, 0) is 14.6 Å². The molecule has 0 aliphatic heterocycles. The summed E-state index contributed by atoms with van der Waals surface area (Å²) < 4.78 is 44.7. The Morgan fingerprint density at radius 3 is 2.32 bits per heavy atom. The summed E-state index contributed by atoms with van der Waals surface area (Å²) >= 11 is 0. The SMILES string of the molecule is CNC(COCCO)c1cc(-c2ccc(S(C)(=O)=O)cc2)n(-c2ccc(F)cc2)c1C. The number of nitrogens with zero attached hydrogens (tertiary/aromatic N) is 1. The quantitative estimate of drug-likeness (QED) is 0.493. The van der Waals surface area contributed by atoms with E-state index in [2.05, 4.69) is 5.32 Å². The smallest absolute Gasteiger partial charge is 0.175 e. The predicted octanol–water partition coefficient (Wildman–Crippen LogP) is 3.26. The number of rotatable bonds is 9. The van der Waals surface area contributed by atoms with Crippen LogP contribution in [-0.4, -0.2) is 51.2 Å². The minimum Gasteiger partial charge on any atom is -0.394 e. The molecule has 0 aliphatic rings. The molecule has 0 saturated heterocycles. The van der Waals surface area contributed by atoms with E-state index in [9.17, 15) is 12.8 Å². The highest BCUT2D eigenvalue weighted by Gasteiger charge is 2.21. The van der Waals surface area contributed by atoms with Gasteiger partial charge in [-0.25, -0.2) is 12.8 Å². The summed E-state index contributed by atoms with van der Waals surface area (Å²) in [5.74, 6) is -0.321. The van der Waals surface area contributed by atoms with Gasteiger partial charge in [-0.1, -0.05) is 12.1 Å². The van der Waals surface area contributed by atoms with Gasteiger partial charge in [0, 0.05) is 17.6 Å². The summed E-state index contributed by atoms with van der Waals surface area (Å²) in [5.41, 5.74) is 4.41. The lowest BCUT2D eigenvalue weighted by atomic mass is 10.1. The van der Waals surface area contributed by atoms with Crippen LogP contribution < -0.4 is 5.32 Å². The Kier molecular flexibility index (Phi) is 7.27. The van der Waals surface area contributed by atoms with E-state index < -0.39 is 9.84 Å². The first-order valence-corrected chi connectivity index (χ1v) is 11.8. The fourth-order valence-electron chi connectivity index (χ4n) is 3.58. The Morgan fingerprint density at radius 1 is 1.13 bits per heavy atom. The van der Waals surface area contributed by atoms with Gasteiger partial charge < -0.3 is 19.7 Å². The zero-order valence-electron chi connectivity index (χ0n) is 17.8. The van der Waals surface area contributed by atoms with Crippen molar-refractivity contribution in [3.8, 4) is 16.9 Å². The highest BCUT2D eigenvalue weighted by Crippen LogP contribution is 2.33. The largest absolute Gasteiger partial charge is 0.394 e. The lowest BCUT2D eigenvalue weighted by Gasteiger charge is -2.17. The van der Waals surface area contributed by atoms with E-state index in [1.165, 1.54) is 18.4 Å². The highest BCUT2D eigenvalue weighted by molar-refractivity contribution is 7.90. The first-order valence-electron chi connectivity index (χ1n) is 9.90. The van der Waals surface area contributed by atoms with Crippen LogP contribution in [0.1, 0.15) is 17.3 Å². The third kappa shape index (κ3) is 5.22. The summed E-state index contributed by atoms with van der Waals surface area (Å²) in [5, 5.41) is 12.2. The number of aliphatic hydroxyl groups excluding tert-OH is 1. The number of sulfone groups is 1. The highest BCUT2D eigenvalue weighted by atomic mass is 32.2. The molecule has 3 aromatic rings. The molecule has 1 aromatic heterocycles. The third-order valence-corrected chi connectivity index (χ3v) is 6.32. The Hall–Kier alpha value is -2.52. The summed E-state index contributed by atoms with van der Waals surface area (Å²) in [7, 11) is -1.46. The van der Waals surface area contributed by atoms with Crippen LogP contribution in [0.2, 0.25) is 0 Å². The fraction of sp³-hybridized carbons (Fsp3) is 0.304. The van der Waals surface area contributed by atoms with E-state index in [0.717, 1.165) is 28.2 Å². The van der Waals surface area contributed by atoms with Crippen molar-refractivity contribution >= 4 is 9.84 Å². The molecule has 1 unspecified atom stereocenters. The van der Waals surface area contributed by atoms with Crippen molar-refractivity contribution in [3.05, 3.63) is 71.7 Å². The second-order valence-electron chi connectivity index (χ2n) is 7.32. The first-order chi connectivity index (χ1) is 14.8. The number of nitrogens with one attached hydrogen (secondary N) is 1. The maximum atomic E-state index is 13.5. The van der Waals surface area contributed by atoms with E-state index >= 15 is 0 Å². The Labute approximate surface area is 182 Å². The van der Waals surface area contributed by atoms with Gasteiger partial charge in [-0.05, 0) is 67.6 Å². The maximum absolute atomic E-state index is 13.5. The number of ether oxygens (including phenoxy) is 1. The van der Waals surface area contributed by atoms with E-state index in [0.29, 0.717) is 6.61 Å². The minimum absolute atomic E-state index is 0.0516. The molecule has 0 spiro atoms. The summed E-state index contributed by atoms with van der Waals surface area (Å²) in [6, 6.07) is 14.8. The van der Waals surface area contributed by atoms with Crippen molar-refractivity contribution in [2.24, 2.45) is 0 Å². The van der Waals surface area contributed by atoms with Gasteiger partial charge in [-0.2, -0.15) is 0 Å². The summed E-state index contributed by atoms with van der Waals surface area (Å²) in [6.45, 7) is 2.54. The summed E-state index contributed by atoms with van der Waals surface area (Å²) in [4.78, 5) is 0.249. The molecule has 0 bridgehead atoms. The number of halogens is 1. The van der Waals surface area contributed by atoms with E-state index in [1.54, 1.807) is 36.4 Å². The molecule has 0 amide bonds. The lowest BCUT2D eigenvalue weighted by Crippen LogP contribution is -2.23. The molecule has 166 valence electrons. The maximum Gasteiger partial charge on any atom is 0.175 e. The molecule has 0 fully saturated rings. The van der Waals surface area contributed by atoms with Crippen LogP contribution in [0.5, 0.6) is 0 Å². The standard InChI is InChI=1S/C23H27FN2O4S/c1-16-21(22(25-2)15-30-13-12-27)14-23(26(16)19-8-6-18(24)7-9-19)17-4-10-20(11-5-17)31(3,28)29/h4-11,14,22,25,27H,12-13,15H2,1-3H3. The van der Waals surface area contributed by atoms with Crippen molar-refractivity contribution in [1.82, 2.24) is 9.88 Å². The molecule has 8 heteroatoms. The number of likely N-dealkylation sites (N-methyl/N-ethyl adjacent to an activating group) is 1. The predicted molar refractivity (Wildman–Crippen MR) is 119 cm³/mol. The summed E-state index contributed by atoms with van der Waals surface area (Å²) in [6.07, 6.45) is 1.18. The van der Waals surface area contributed by atoms with Crippen molar-refractivity contribution in [2.45, 2.75) is 17.9 Å². The Bertz CT molecular complexity index is 1120. The normalized spacial score (nSPS) is 12.8. The van der Waals surface area contributed by atoms with E-state index in [4.69, 9.17) is 9.84 Å². The molecule has 2 N–H and O–H groups in total. The number of benzene rings is 2. The Morgan fingerprint density at radius 2 is 1.77 bits per heavy atom. The van der Waals surface area contributed by atoms with Crippen LogP contribution >= 0.6 is 0 Å². The van der Waals surface area contributed by atoms with Gasteiger partial charge >= 0.3 is 0 Å². The van der Waals surface area contributed by atoms with E-state index in [1.807, 2.05) is 24.6 Å². The topological polar surface area (TPSA) is 80.6 Å². The molecule has 3 rings (SSSR count).